The zero-order valence-corrected chi connectivity index (χ0v) is 33.5. The van der Waals surface area contributed by atoms with Crippen molar-refractivity contribution in [2.45, 2.75) is 49.9 Å². The van der Waals surface area contributed by atoms with Gasteiger partial charge in [0.2, 0.25) is 0 Å². The number of alkyl carbamates (subject to hydrolysis) is 2. The molecule has 0 unspecified atom stereocenters. The van der Waals surface area contributed by atoms with Crippen LogP contribution < -0.4 is 10.6 Å². The smallest absolute Gasteiger partial charge is 0.407 e. The van der Waals surface area contributed by atoms with Gasteiger partial charge in [0.25, 0.3) is 11.8 Å². The number of benzene rings is 3. The summed E-state index contributed by atoms with van der Waals surface area (Å²) in [6.07, 6.45) is 6.13. The second-order valence-corrected chi connectivity index (χ2v) is 14.7. The minimum absolute atomic E-state index is 0.277. The highest BCUT2D eigenvalue weighted by atomic mass is 19.1. The van der Waals surface area contributed by atoms with Crippen LogP contribution in [0.2, 0.25) is 0 Å². The third-order valence-electron chi connectivity index (χ3n) is 11.1. The van der Waals surface area contributed by atoms with Gasteiger partial charge in [-0.15, -0.1) is 0 Å². The molecule has 16 nitrogen and oxygen atoms in total. The van der Waals surface area contributed by atoms with Crippen LogP contribution in [0.5, 0.6) is 0 Å². The fourth-order valence-corrected chi connectivity index (χ4v) is 8.01. The van der Waals surface area contributed by atoms with E-state index in [-0.39, 0.29) is 30.0 Å². The average molecular weight is 827 g/mol. The summed E-state index contributed by atoms with van der Waals surface area (Å²) >= 11 is 0. The number of imidazole rings is 1. The molecule has 3 aromatic carbocycles. The maximum Gasteiger partial charge on any atom is 0.407 e. The zero-order valence-electron chi connectivity index (χ0n) is 33.5. The van der Waals surface area contributed by atoms with Gasteiger partial charge in [0, 0.05) is 42.2 Å². The third kappa shape index (κ3) is 8.57. The molecule has 0 spiro atoms. The minimum Gasteiger partial charge on any atom is -0.453 e. The van der Waals surface area contributed by atoms with Crippen molar-refractivity contribution in [3.05, 3.63) is 126 Å². The number of methoxy groups -OCH3 is 2. The van der Waals surface area contributed by atoms with Crippen molar-refractivity contribution >= 4 is 35.5 Å². The Hall–Kier alpha value is -7.30. The van der Waals surface area contributed by atoms with Crippen LogP contribution in [0.25, 0.3) is 22.6 Å². The molecule has 5 aromatic rings. The lowest BCUT2D eigenvalue weighted by atomic mass is 10.0. The van der Waals surface area contributed by atoms with E-state index in [1.807, 2.05) is 12.1 Å². The molecule has 312 valence electrons. The molecule has 3 aliphatic heterocycles. The van der Waals surface area contributed by atoms with E-state index in [1.54, 1.807) is 89.1 Å². The molecule has 2 saturated heterocycles. The summed E-state index contributed by atoms with van der Waals surface area (Å²) in [6.45, 7) is 1.23. The Bertz CT molecular complexity index is 2480. The van der Waals surface area contributed by atoms with Gasteiger partial charge in [-0.25, -0.2) is 33.9 Å². The molecular formula is C44H43FN10O6. The Morgan fingerprint density at radius 3 is 1.89 bits per heavy atom. The van der Waals surface area contributed by atoms with Gasteiger partial charge in [0.1, 0.15) is 29.6 Å². The summed E-state index contributed by atoms with van der Waals surface area (Å²) in [6, 6.07) is 20.0. The van der Waals surface area contributed by atoms with Crippen LogP contribution in [0.1, 0.15) is 66.3 Å². The molecule has 17 heteroatoms. The molecule has 5 heterocycles. The second kappa shape index (κ2) is 17.9. The number of aliphatic imine (C=N–C) groups is 2. The molecule has 0 saturated carbocycles. The van der Waals surface area contributed by atoms with Crippen molar-refractivity contribution in [2.24, 2.45) is 9.98 Å². The number of carbonyl (C=O) groups is 4. The largest absolute Gasteiger partial charge is 0.453 e. The first kappa shape index (κ1) is 40.5. The SMILES string of the molecule is COC(=O)N[C@@H](C(=O)N1CCC[C@@H]1C1=NCC(c2cnc(-c3ccc(-c4cnc([C@H]5CCCN5C(=O)[C@H](NC(=O)OC)c5ccccc5)[nH]4)c(F)c3)nc2)=N1)c1ccccc1. The number of nitrogens with one attached hydrogen (secondary N) is 3. The zero-order chi connectivity index (χ0) is 42.5. The topological polar surface area (TPSA) is 196 Å². The summed E-state index contributed by atoms with van der Waals surface area (Å²) < 4.78 is 25.4. The molecule has 2 aromatic heterocycles. The van der Waals surface area contributed by atoms with Crippen molar-refractivity contribution in [3.63, 3.8) is 0 Å². The number of carbonyl (C=O) groups excluding carboxylic acids is 4. The lowest BCUT2D eigenvalue weighted by Crippen LogP contribution is -2.47. The molecule has 0 radical (unpaired) electrons. The Morgan fingerprint density at radius 1 is 0.738 bits per heavy atom. The number of ether oxygens (including phenoxy) is 2. The van der Waals surface area contributed by atoms with Gasteiger partial charge in [-0.05, 0) is 48.9 Å². The van der Waals surface area contributed by atoms with Crippen LogP contribution in [-0.2, 0) is 19.1 Å². The summed E-state index contributed by atoms with van der Waals surface area (Å²) in [5.41, 5.74) is 3.72. The highest BCUT2D eigenvalue weighted by molar-refractivity contribution is 6.14. The Kier molecular flexibility index (Phi) is 11.9. The molecule has 0 bridgehead atoms. The van der Waals surface area contributed by atoms with Crippen molar-refractivity contribution < 1.29 is 33.0 Å². The van der Waals surface area contributed by atoms with E-state index in [9.17, 15) is 19.2 Å². The number of aromatic nitrogens is 4. The lowest BCUT2D eigenvalue weighted by Gasteiger charge is -2.28. The molecule has 0 aliphatic carbocycles. The van der Waals surface area contributed by atoms with E-state index in [2.05, 4.69) is 35.6 Å². The molecular weight excluding hydrogens is 784 g/mol. The number of halogens is 1. The van der Waals surface area contributed by atoms with Gasteiger partial charge in [-0.2, -0.15) is 0 Å². The van der Waals surface area contributed by atoms with Gasteiger partial charge >= 0.3 is 12.2 Å². The molecule has 8 rings (SSSR count). The minimum atomic E-state index is -0.958. The lowest BCUT2D eigenvalue weighted by molar-refractivity contribution is -0.135. The van der Waals surface area contributed by atoms with Gasteiger partial charge in [0.05, 0.1) is 50.5 Å². The molecule has 2 fully saturated rings. The Morgan fingerprint density at radius 2 is 1.31 bits per heavy atom. The standard InChI is InChI=1S/C44H43FN10O6/c1-60-43(58)52-36(26-11-5-3-6-12-26)41(56)54-19-9-15-34(54)39-48-24-32(50-39)29-22-46-38(47-23-29)28-17-18-30(31(45)21-28)33-25-49-40(51-33)35-16-10-20-55(35)42(57)37(53-44(59)61-2)27-13-7-4-8-14-27/h3-8,11-14,17-18,21-23,25,34-37H,9-10,15-16,19-20,24H2,1-2H3,(H,49,51)(H,52,58)(H,53,59)/t34-,35-,36-,37-/m1/s1. The highest BCUT2D eigenvalue weighted by Crippen LogP contribution is 2.35. The number of H-pyrrole nitrogens is 1. The monoisotopic (exact) mass is 826 g/mol. The van der Waals surface area contributed by atoms with Crippen LogP contribution in [-0.4, -0.2) is 105 Å². The highest BCUT2D eigenvalue weighted by Gasteiger charge is 2.39. The molecule has 3 aliphatic rings. The van der Waals surface area contributed by atoms with Gasteiger partial charge in [-0.1, -0.05) is 66.7 Å². The predicted octanol–water partition coefficient (Wildman–Crippen LogP) is 5.72. The number of aromatic amines is 1. The average Bonchev–Trinajstić information content (AvgIpc) is 4.15. The number of rotatable bonds is 11. The van der Waals surface area contributed by atoms with Gasteiger partial charge in [-0.3, -0.25) is 14.6 Å². The van der Waals surface area contributed by atoms with Crippen molar-refractivity contribution in [3.8, 4) is 22.6 Å². The van der Waals surface area contributed by atoms with E-state index < -0.39 is 36.1 Å². The number of nitrogens with zero attached hydrogens (tertiary/aromatic N) is 7. The van der Waals surface area contributed by atoms with Crippen LogP contribution in [0, 0.1) is 5.82 Å². The normalized spacial score (nSPS) is 18.2. The summed E-state index contributed by atoms with van der Waals surface area (Å²) in [4.78, 5) is 81.8. The molecule has 3 N–H and O–H groups in total. The summed E-state index contributed by atoms with van der Waals surface area (Å²) in [5.74, 6) is 0.243. The molecule has 4 amide bonds. The molecule has 4 atom stereocenters. The fourth-order valence-electron chi connectivity index (χ4n) is 8.01. The van der Waals surface area contributed by atoms with Crippen molar-refractivity contribution in [2.75, 3.05) is 33.9 Å². The summed E-state index contributed by atoms with van der Waals surface area (Å²) in [7, 11) is 2.49. The fraction of sp³-hybridized carbons (Fsp3) is 0.295. The second-order valence-electron chi connectivity index (χ2n) is 14.7. The third-order valence-corrected chi connectivity index (χ3v) is 11.1. The first-order valence-corrected chi connectivity index (χ1v) is 19.9. The Labute approximate surface area is 350 Å². The first-order valence-electron chi connectivity index (χ1n) is 19.9. The quantitative estimate of drug-likeness (QED) is 0.149. The van der Waals surface area contributed by atoms with Crippen LogP contribution in [0.15, 0.2) is 107 Å². The van der Waals surface area contributed by atoms with E-state index in [0.29, 0.717) is 77.1 Å². The maximum absolute atomic E-state index is 15.8. The number of likely N-dealkylation sites (tertiary alicyclic amines) is 2. The molecule has 61 heavy (non-hydrogen) atoms. The Balaban J connectivity index is 0.937. The number of hydrogen-bond acceptors (Lipinski definition) is 11. The van der Waals surface area contributed by atoms with Gasteiger partial charge in [0.15, 0.2) is 5.82 Å². The number of hydrogen-bond donors (Lipinski definition) is 3. The van der Waals surface area contributed by atoms with E-state index >= 15 is 4.39 Å². The van der Waals surface area contributed by atoms with Crippen LogP contribution in [0.4, 0.5) is 14.0 Å². The first-order chi connectivity index (χ1) is 29.7. The van der Waals surface area contributed by atoms with Crippen LogP contribution >= 0.6 is 0 Å². The van der Waals surface area contributed by atoms with Crippen molar-refractivity contribution in [1.82, 2.24) is 40.4 Å². The van der Waals surface area contributed by atoms with Gasteiger partial charge < -0.3 is 34.9 Å². The van der Waals surface area contributed by atoms with E-state index in [4.69, 9.17) is 14.5 Å². The van der Waals surface area contributed by atoms with E-state index in [0.717, 1.165) is 12.8 Å². The van der Waals surface area contributed by atoms with E-state index in [1.165, 1.54) is 20.3 Å². The number of amides is 4. The van der Waals surface area contributed by atoms with Crippen molar-refractivity contribution in [1.29, 1.82) is 0 Å². The predicted molar refractivity (Wildman–Crippen MR) is 222 cm³/mol. The summed E-state index contributed by atoms with van der Waals surface area (Å²) in [5, 5.41) is 5.33. The maximum atomic E-state index is 15.8. The van der Waals surface area contributed by atoms with Crippen LogP contribution in [0.3, 0.4) is 0 Å². The number of amidine groups is 1.